The topological polar surface area (TPSA) is 570 Å². The summed E-state index contributed by atoms with van der Waals surface area (Å²) >= 11 is 1.22. The Kier molecular flexibility index (Phi) is 32.3. The Balaban J connectivity index is 2.35. The van der Waals surface area contributed by atoms with Crippen molar-refractivity contribution in [2.24, 2.45) is 34.8 Å². The highest BCUT2D eigenvalue weighted by atomic mass is 32.2. The maximum atomic E-state index is 14.3. The number of primary amides is 3. The number of aliphatic hydroxyl groups excluding tert-OH is 1. The first kappa shape index (κ1) is 74.8. The standard InChI is InChI=1S/C53H80N16O18S/c1-25(2)15-32(65-50(83)35(20-42(75)76)64-44(77)29(54)16-27-9-7-6-8-10-27)47(80)66-33(17-28-21-58-24-60-28)48(81)62-30(11-12-38(55)71)46(79)67-34(18-39(56)72)49(82)63-31(13-14-88-5)45(78)59-22-41(74)61-37(23-70)51(84)69-43(26(3)4)52(85)68-36(53(86)87)19-40(57)73/h6-10,21,24-26,29-37,43,70H,11-20,22-23,54H2,1-5H3,(H2,55,71)(H2,56,72)(H2,57,73)(H,58,60)(H,59,78)(H,61,74)(H,62,81)(H,63,82)(H,64,77)(H,65,83)(H,66,80)(H,67,79)(H,68,85)(H,69,84)(H,75,76)(H,86,87)/t29-,30-,31-,32-,33-,34-,35-,36-,37-,43-/m0/s1. The van der Waals surface area contributed by atoms with Crippen LogP contribution in [0.15, 0.2) is 42.9 Å². The number of carbonyl (C=O) groups excluding carboxylic acids is 13. The van der Waals surface area contributed by atoms with Crippen LogP contribution < -0.4 is 76.1 Å². The molecule has 0 saturated heterocycles. The number of aliphatic carboxylic acids is 2. The van der Waals surface area contributed by atoms with Crippen LogP contribution in [0.1, 0.15) is 83.9 Å². The molecule has 13 amide bonds. The number of aromatic amines is 1. The molecular weight excluding hydrogens is 1180 g/mol. The summed E-state index contributed by atoms with van der Waals surface area (Å²) in [4.78, 5) is 202. The predicted molar refractivity (Wildman–Crippen MR) is 311 cm³/mol. The lowest BCUT2D eigenvalue weighted by Gasteiger charge is -2.28. The zero-order valence-electron chi connectivity index (χ0n) is 49.1. The number of nitrogens with zero attached hydrogens (tertiary/aromatic N) is 1. The predicted octanol–water partition coefficient (Wildman–Crippen LogP) is -6.98. The minimum absolute atomic E-state index is 0.0353. The smallest absolute Gasteiger partial charge is 0.326 e. The molecule has 0 aliphatic carbocycles. The molecule has 10 atom stereocenters. The van der Waals surface area contributed by atoms with Gasteiger partial charge in [-0.15, -0.1) is 0 Å². The SMILES string of the molecule is CSCC[C@H](NC(=O)[C@H](CC(N)=O)NC(=O)[C@H](CCC(N)=O)NC(=O)[C@H](Cc1cnc[nH]1)NC(=O)[C@H](CC(C)C)NC(=O)[C@H](CC(=O)O)NC(=O)[C@@H](N)Cc1ccccc1)C(=O)NCC(=O)N[C@@H](CO)C(=O)N[C@H](C(=O)N[C@@H](CC(N)=O)C(=O)O)C(C)C. The second-order valence-electron chi connectivity index (χ2n) is 20.9. The number of hydrogen-bond donors (Lipinski definition) is 18. The molecule has 22 N–H and O–H groups in total. The van der Waals surface area contributed by atoms with Crippen LogP contribution in [0.5, 0.6) is 0 Å². The van der Waals surface area contributed by atoms with E-state index in [1.807, 2.05) is 0 Å². The van der Waals surface area contributed by atoms with Gasteiger partial charge in [-0.05, 0) is 55.1 Å². The van der Waals surface area contributed by atoms with Crippen molar-refractivity contribution < 1.29 is 87.2 Å². The van der Waals surface area contributed by atoms with Gasteiger partial charge < -0.3 is 96.4 Å². The lowest BCUT2D eigenvalue weighted by atomic mass is 10.0. The molecule has 35 heteroatoms. The van der Waals surface area contributed by atoms with Crippen molar-refractivity contribution in [1.29, 1.82) is 0 Å². The Labute approximate surface area is 509 Å². The summed E-state index contributed by atoms with van der Waals surface area (Å²) in [7, 11) is 0. The van der Waals surface area contributed by atoms with Crippen molar-refractivity contribution in [3.8, 4) is 0 Å². The average Bonchev–Trinajstić information content (AvgIpc) is 4.10. The van der Waals surface area contributed by atoms with Crippen molar-refractivity contribution in [1.82, 2.24) is 63.1 Å². The van der Waals surface area contributed by atoms with E-state index >= 15 is 0 Å². The summed E-state index contributed by atoms with van der Waals surface area (Å²) in [6.07, 6.45) is -0.0514. The van der Waals surface area contributed by atoms with E-state index in [1.54, 1.807) is 50.4 Å². The monoisotopic (exact) mass is 1260 g/mol. The zero-order chi connectivity index (χ0) is 66.4. The van der Waals surface area contributed by atoms with E-state index in [0.717, 1.165) is 0 Å². The number of carbonyl (C=O) groups is 15. The maximum Gasteiger partial charge on any atom is 0.326 e. The molecule has 0 saturated carbocycles. The Morgan fingerprint density at radius 2 is 1.06 bits per heavy atom. The summed E-state index contributed by atoms with van der Waals surface area (Å²) in [6, 6.07) is -7.54. The number of aromatic nitrogens is 2. The first-order chi connectivity index (χ1) is 41.3. The molecule has 0 spiro atoms. The quantitative estimate of drug-likeness (QED) is 0.0294. The van der Waals surface area contributed by atoms with E-state index in [4.69, 9.17) is 22.9 Å². The molecule has 88 heavy (non-hydrogen) atoms. The van der Waals surface area contributed by atoms with Crippen molar-refractivity contribution >= 4 is 100 Å². The van der Waals surface area contributed by atoms with E-state index in [1.165, 1.54) is 38.1 Å². The number of imidazole rings is 1. The van der Waals surface area contributed by atoms with Crippen LogP contribution in [0.4, 0.5) is 0 Å². The van der Waals surface area contributed by atoms with E-state index in [0.29, 0.717) is 5.56 Å². The summed E-state index contributed by atoms with van der Waals surface area (Å²) in [5, 5.41) is 52.2. The Morgan fingerprint density at radius 3 is 1.58 bits per heavy atom. The van der Waals surface area contributed by atoms with Gasteiger partial charge in [0.1, 0.15) is 54.4 Å². The van der Waals surface area contributed by atoms with Gasteiger partial charge in [-0.3, -0.25) is 67.1 Å². The number of H-pyrrole nitrogens is 1. The lowest BCUT2D eigenvalue weighted by Crippen LogP contribution is -2.61. The normalized spacial score (nSPS) is 14.4. The van der Waals surface area contributed by atoms with Gasteiger partial charge in [0.2, 0.25) is 76.8 Å². The molecule has 0 unspecified atom stereocenters. The highest BCUT2D eigenvalue weighted by molar-refractivity contribution is 7.98. The van der Waals surface area contributed by atoms with Crippen LogP contribution in [0, 0.1) is 11.8 Å². The second kappa shape index (κ2) is 38.0. The van der Waals surface area contributed by atoms with Crippen LogP contribution in [-0.2, 0) is 84.8 Å². The number of aliphatic hydroxyl groups is 1. The minimum atomic E-state index is -1.89. The van der Waals surface area contributed by atoms with E-state index in [9.17, 15) is 87.2 Å². The van der Waals surface area contributed by atoms with E-state index in [2.05, 4.69) is 63.1 Å². The maximum absolute atomic E-state index is 14.3. The summed E-state index contributed by atoms with van der Waals surface area (Å²) < 4.78 is 0. The molecule has 0 radical (unpaired) electrons. The highest BCUT2D eigenvalue weighted by Crippen LogP contribution is 2.12. The lowest BCUT2D eigenvalue weighted by molar-refractivity contribution is -0.144. The van der Waals surface area contributed by atoms with Gasteiger partial charge in [0.15, 0.2) is 0 Å². The molecule has 1 aromatic carbocycles. The number of carboxylic acid groups (broad SMARTS) is 2. The van der Waals surface area contributed by atoms with Gasteiger partial charge in [-0.1, -0.05) is 58.0 Å². The summed E-state index contributed by atoms with van der Waals surface area (Å²) in [6.45, 7) is 4.41. The number of nitrogens with one attached hydrogen (secondary N) is 11. The van der Waals surface area contributed by atoms with Crippen LogP contribution in [-0.4, -0.2) is 200 Å². The van der Waals surface area contributed by atoms with Gasteiger partial charge >= 0.3 is 11.9 Å². The molecule has 0 aliphatic rings. The Hall–Kier alpha value is -9.25. The molecule has 2 rings (SSSR count). The van der Waals surface area contributed by atoms with E-state index < -0.39 is 200 Å². The van der Waals surface area contributed by atoms with Crippen LogP contribution in [0.3, 0.4) is 0 Å². The molecule has 1 heterocycles. The number of thioether (sulfide) groups is 1. The third-order valence-corrected chi connectivity index (χ3v) is 13.4. The number of rotatable bonds is 41. The third kappa shape index (κ3) is 27.9. The van der Waals surface area contributed by atoms with Gasteiger partial charge in [-0.2, -0.15) is 11.8 Å². The fraction of sp³-hybridized carbons (Fsp3) is 0.547. The van der Waals surface area contributed by atoms with Crippen molar-refractivity contribution in [3.63, 3.8) is 0 Å². The number of nitrogens with two attached hydrogens (primary N) is 4. The molecule has 0 fully saturated rings. The van der Waals surface area contributed by atoms with Gasteiger partial charge in [0.25, 0.3) is 0 Å². The number of carboxylic acids is 2. The first-order valence-electron chi connectivity index (χ1n) is 27.5. The second-order valence-corrected chi connectivity index (χ2v) is 21.9. The van der Waals surface area contributed by atoms with Crippen molar-refractivity contribution in [3.05, 3.63) is 54.1 Å². The molecule has 1 aromatic heterocycles. The van der Waals surface area contributed by atoms with Crippen molar-refractivity contribution in [2.45, 2.75) is 146 Å². The van der Waals surface area contributed by atoms with Gasteiger partial charge in [0.05, 0.1) is 44.8 Å². The number of benzene rings is 1. The first-order valence-corrected chi connectivity index (χ1v) is 28.9. The van der Waals surface area contributed by atoms with E-state index in [-0.39, 0.29) is 43.0 Å². The molecular formula is C53H80N16O18S. The minimum Gasteiger partial charge on any atom is -0.481 e. The number of amides is 13. The molecule has 0 aliphatic heterocycles. The zero-order valence-corrected chi connectivity index (χ0v) is 49.9. The Morgan fingerprint density at radius 1 is 0.557 bits per heavy atom. The fourth-order valence-corrected chi connectivity index (χ4v) is 8.64. The fourth-order valence-electron chi connectivity index (χ4n) is 8.17. The van der Waals surface area contributed by atoms with Crippen molar-refractivity contribution in [2.75, 3.05) is 25.2 Å². The highest BCUT2D eigenvalue weighted by Gasteiger charge is 2.37. The van der Waals surface area contributed by atoms with Crippen LogP contribution in [0.2, 0.25) is 0 Å². The van der Waals surface area contributed by atoms with Crippen LogP contribution >= 0.6 is 11.8 Å². The third-order valence-electron chi connectivity index (χ3n) is 12.7. The number of hydrogen-bond acceptors (Lipinski definition) is 19. The largest absolute Gasteiger partial charge is 0.481 e. The molecule has 2 aromatic rings. The molecule has 0 bridgehead atoms. The van der Waals surface area contributed by atoms with Crippen LogP contribution in [0.25, 0.3) is 0 Å². The summed E-state index contributed by atoms with van der Waals surface area (Å²) in [5.41, 5.74) is 23.0. The van der Waals surface area contributed by atoms with Gasteiger partial charge in [0, 0.05) is 24.7 Å². The molecule has 34 nitrogen and oxygen atoms in total. The average molecular weight is 1260 g/mol. The summed E-state index contributed by atoms with van der Waals surface area (Å²) in [5.74, 6) is -17.7. The Bertz CT molecular complexity index is 2770. The van der Waals surface area contributed by atoms with Gasteiger partial charge in [-0.25, -0.2) is 9.78 Å². The molecule has 486 valence electrons.